The van der Waals surface area contributed by atoms with E-state index >= 15 is 0 Å². The lowest BCUT2D eigenvalue weighted by Gasteiger charge is -2.45. The Morgan fingerprint density at radius 2 is 1.70 bits per heavy atom. The molecular weight excluding hydrogens is 378 g/mol. The van der Waals surface area contributed by atoms with Crippen molar-refractivity contribution in [3.05, 3.63) is 47.5 Å². The van der Waals surface area contributed by atoms with Gasteiger partial charge in [0.1, 0.15) is 11.4 Å². The van der Waals surface area contributed by atoms with Gasteiger partial charge in [-0.2, -0.15) is 0 Å². The maximum atomic E-state index is 6.50. The largest absolute Gasteiger partial charge is 0.493 e. The molecule has 5 nitrogen and oxygen atoms in total. The molecule has 1 aliphatic rings. The van der Waals surface area contributed by atoms with E-state index in [2.05, 4.69) is 63.3 Å². The van der Waals surface area contributed by atoms with Crippen LogP contribution < -0.4 is 24.3 Å². The van der Waals surface area contributed by atoms with Crippen LogP contribution in [-0.2, 0) is 0 Å². The minimum atomic E-state index is -0.243. The van der Waals surface area contributed by atoms with Gasteiger partial charge in [0, 0.05) is 12.0 Å². The normalized spacial score (nSPS) is 21.5. The number of benzene rings is 2. The topological polar surface area (TPSA) is 49.0 Å². The first kappa shape index (κ1) is 22.3. The van der Waals surface area contributed by atoms with Crippen LogP contribution in [-0.4, -0.2) is 33.5 Å². The van der Waals surface area contributed by atoms with Crippen molar-refractivity contribution in [3.8, 4) is 23.0 Å². The zero-order chi connectivity index (χ0) is 21.9. The molecule has 0 aromatic heterocycles. The summed E-state index contributed by atoms with van der Waals surface area (Å²) in [5, 5.41) is 3.72. The van der Waals surface area contributed by atoms with E-state index in [1.807, 2.05) is 6.07 Å². The molecule has 1 N–H and O–H groups in total. The van der Waals surface area contributed by atoms with E-state index in [0.29, 0.717) is 23.2 Å². The molecule has 1 heterocycles. The van der Waals surface area contributed by atoms with Crippen molar-refractivity contribution >= 4 is 0 Å². The Balaban J connectivity index is 2.14. The second kappa shape index (κ2) is 9.17. The summed E-state index contributed by atoms with van der Waals surface area (Å²) in [4.78, 5) is 0. The fourth-order valence-electron chi connectivity index (χ4n) is 4.36. The zero-order valence-corrected chi connectivity index (χ0v) is 19.2. The van der Waals surface area contributed by atoms with Gasteiger partial charge in [0.15, 0.2) is 11.5 Å². The van der Waals surface area contributed by atoms with Crippen molar-refractivity contribution in [1.29, 1.82) is 0 Å². The molecule has 2 aromatic carbocycles. The summed E-state index contributed by atoms with van der Waals surface area (Å²) in [6.45, 7) is 9.66. The third kappa shape index (κ3) is 4.08. The summed E-state index contributed by atoms with van der Waals surface area (Å²) in [6, 6.07) is 12.6. The van der Waals surface area contributed by atoms with Crippen LogP contribution in [0.25, 0.3) is 0 Å². The summed E-state index contributed by atoms with van der Waals surface area (Å²) in [6.07, 6.45) is 0.913. The molecule has 0 aliphatic carbocycles. The highest BCUT2D eigenvalue weighted by Crippen LogP contribution is 2.50. The number of rotatable bonds is 8. The average Bonchev–Trinajstić information content (AvgIpc) is 2.75. The summed E-state index contributed by atoms with van der Waals surface area (Å²) >= 11 is 0. The molecule has 0 spiro atoms. The first-order chi connectivity index (χ1) is 14.4. The molecule has 164 valence electrons. The van der Waals surface area contributed by atoms with Crippen molar-refractivity contribution in [2.45, 2.75) is 51.7 Å². The SMILES string of the molecule is CCNC(c1cc(OC)c(OC)c(OC)c1)C1CC(C)(C(C)C)Oc2ccccc21. The molecular formula is C25H35NO4. The van der Waals surface area contributed by atoms with Gasteiger partial charge < -0.3 is 24.3 Å². The molecule has 0 saturated carbocycles. The molecule has 0 saturated heterocycles. The van der Waals surface area contributed by atoms with Crippen LogP contribution in [0.1, 0.15) is 57.2 Å². The second-order valence-electron chi connectivity index (χ2n) is 8.41. The standard InChI is InChI=1S/C25H35NO4/c1-8-26-23(17-13-21(27-5)24(29-7)22(14-17)28-6)19-15-25(4,16(2)3)30-20-12-10-9-11-18(19)20/h9-14,16,19,23,26H,8,15H2,1-7H3. The van der Waals surface area contributed by atoms with Crippen LogP contribution in [0.2, 0.25) is 0 Å². The summed E-state index contributed by atoms with van der Waals surface area (Å²) in [5.41, 5.74) is 2.10. The van der Waals surface area contributed by atoms with E-state index in [0.717, 1.165) is 24.3 Å². The molecule has 0 bridgehead atoms. The Hall–Kier alpha value is -2.40. The van der Waals surface area contributed by atoms with Crippen molar-refractivity contribution < 1.29 is 18.9 Å². The number of methoxy groups -OCH3 is 3. The van der Waals surface area contributed by atoms with Crippen molar-refractivity contribution in [2.75, 3.05) is 27.9 Å². The molecule has 30 heavy (non-hydrogen) atoms. The highest BCUT2D eigenvalue weighted by molar-refractivity contribution is 5.55. The quantitative estimate of drug-likeness (QED) is 0.633. The number of hydrogen-bond donors (Lipinski definition) is 1. The smallest absolute Gasteiger partial charge is 0.203 e. The molecule has 3 unspecified atom stereocenters. The van der Waals surface area contributed by atoms with Crippen LogP contribution in [0.3, 0.4) is 0 Å². The zero-order valence-electron chi connectivity index (χ0n) is 19.2. The van der Waals surface area contributed by atoms with E-state index in [1.165, 1.54) is 5.56 Å². The lowest BCUT2D eigenvalue weighted by atomic mass is 9.73. The maximum Gasteiger partial charge on any atom is 0.203 e. The molecule has 3 rings (SSSR count). The lowest BCUT2D eigenvalue weighted by molar-refractivity contribution is 0.00522. The Morgan fingerprint density at radius 1 is 1.07 bits per heavy atom. The van der Waals surface area contributed by atoms with Gasteiger partial charge in [-0.25, -0.2) is 0 Å². The third-order valence-corrected chi connectivity index (χ3v) is 6.38. The minimum absolute atomic E-state index is 0.0758. The van der Waals surface area contributed by atoms with E-state index in [4.69, 9.17) is 18.9 Å². The number of nitrogens with one attached hydrogen (secondary N) is 1. The molecule has 2 aromatic rings. The number of hydrogen-bond acceptors (Lipinski definition) is 5. The predicted octanol–water partition coefficient (Wildman–Crippen LogP) is 5.34. The van der Waals surface area contributed by atoms with Crippen molar-refractivity contribution in [2.24, 2.45) is 5.92 Å². The van der Waals surface area contributed by atoms with Gasteiger partial charge in [0.25, 0.3) is 0 Å². The van der Waals surface area contributed by atoms with Crippen molar-refractivity contribution in [1.82, 2.24) is 5.32 Å². The summed E-state index contributed by atoms with van der Waals surface area (Å²) < 4.78 is 23.3. The van der Waals surface area contributed by atoms with E-state index < -0.39 is 0 Å². The molecule has 5 heteroatoms. The van der Waals surface area contributed by atoms with E-state index in [9.17, 15) is 0 Å². The van der Waals surface area contributed by atoms with Crippen LogP contribution in [0.5, 0.6) is 23.0 Å². The second-order valence-corrected chi connectivity index (χ2v) is 8.41. The Morgan fingerprint density at radius 3 is 2.23 bits per heavy atom. The fourth-order valence-corrected chi connectivity index (χ4v) is 4.36. The molecule has 0 amide bonds. The van der Waals surface area contributed by atoms with Crippen LogP contribution in [0.15, 0.2) is 36.4 Å². The van der Waals surface area contributed by atoms with E-state index in [-0.39, 0.29) is 17.6 Å². The Kier molecular flexibility index (Phi) is 6.81. The highest BCUT2D eigenvalue weighted by Gasteiger charge is 2.42. The van der Waals surface area contributed by atoms with Gasteiger partial charge in [-0.05, 0) is 55.1 Å². The van der Waals surface area contributed by atoms with Gasteiger partial charge in [-0.1, -0.05) is 39.0 Å². The summed E-state index contributed by atoms with van der Waals surface area (Å²) in [7, 11) is 4.94. The van der Waals surface area contributed by atoms with Crippen LogP contribution >= 0.6 is 0 Å². The lowest BCUT2D eigenvalue weighted by Crippen LogP contribution is -2.45. The van der Waals surface area contributed by atoms with Crippen LogP contribution in [0.4, 0.5) is 0 Å². The molecule has 1 aliphatic heterocycles. The minimum Gasteiger partial charge on any atom is -0.493 e. The fraction of sp³-hybridized carbons (Fsp3) is 0.520. The molecule has 0 fully saturated rings. The number of fused-ring (bicyclic) bond motifs is 1. The monoisotopic (exact) mass is 413 g/mol. The Labute approximate surface area is 180 Å². The number of para-hydroxylation sites is 1. The highest BCUT2D eigenvalue weighted by atomic mass is 16.5. The van der Waals surface area contributed by atoms with Gasteiger partial charge in [-0.3, -0.25) is 0 Å². The van der Waals surface area contributed by atoms with Gasteiger partial charge in [0.05, 0.1) is 21.3 Å². The third-order valence-electron chi connectivity index (χ3n) is 6.38. The van der Waals surface area contributed by atoms with Gasteiger partial charge in [0.2, 0.25) is 5.75 Å². The average molecular weight is 414 g/mol. The number of likely N-dealkylation sites (N-methyl/N-ethyl adjacent to an activating group) is 1. The predicted molar refractivity (Wildman–Crippen MR) is 120 cm³/mol. The van der Waals surface area contributed by atoms with Crippen molar-refractivity contribution in [3.63, 3.8) is 0 Å². The number of ether oxygens (including phenoxy) is 4. The Bertz CT molecular complexity index is 841. The van der Waals surface area contributed by atoms with E-state index in [1.54, 1.807) is 21.3 Å². The first-order valence-electron chi connectivity index (χ1n) is 10.7. The van der Waals surface area contributed by atoms with Crippen LogP contribution in [0, 0.1) is 5.92 Å². The van der Waals surface area contributed by atoms with Gasteiger partial charge in [-0.15, -0.1) is 0 Å². The summed E-state index contributed by atoms with van der Waals surface area (Å²) in [5.74, 6) is 3.54. The first-order valence-corrected chi connectivity index (χ1v) is 10.7. The molecule has 0 radical (unpaired) electrons. The maximum absolute atomic E-state index is 6.50. The molecule has 3 atom stereocenters. The van der Waals surface area contributed by atoms with Gasteiger partial charge >= 0.3 is 0 Å².